The molecule has 104 valence electrons. The molecule has 1 unspecified atom stereocenters. The highest BCUT2D eigenvalue weighted by Crippen LogP contribution is 2.41. The number of hydrogen-bond donors (Lipinski definition) is 0. The van der Waals surface area contributed by atoms with Gasteiger partial charge < -0.3 is 0 Å². The fourth-order valence-corrected chi connectivity index (χ4v) is 3.17. The van der Waals surface area contributed by atoms with Gasteiger partial charge in [0.2, 0.25) is 0 Å². The van der Waals surface area contributed by atoms with Crippen LogP contribution < -0.4 is 0 Å². The van der Waals surface area contributed by atoms with Gasteiger partial charge in [0.15, 0.2) is 0 Å². The second-order valence-electron chi connectivity index (χ2n) is 6.61. The maximum absolute atomic E-state index is 2.42. The molecule has 0 aromatic rings. The van der Waals surface area contributed by atoms with Crippen molar-refractivity contribution >= 4 is 0 Å². The molecule has 0 fully saturated rings. The highest BCUT2D eigenvalue weighted by molar-refractivity contribution is 4.80. The van der Waals surface area contributed by atoms with Gasteiger partial charge in [-0.05, 0) is 30.1 Å². The molecule has 0 nitrogen and oxygen atoms in total. The second kappa shape index (κ2) is 9.00. The highest BCUT2D eigenvalue weighted by atomic mass is 14.3. The zero-order chi connectivity index (χ0) is 13.3. The maximum Gasteiger partial charge on any atom is -0.0277 e. The summed E-state index contributed by atoms with van der Waals surface area (Å²) in [6.07, 6.45) is 11.3. The Kier molecular flexibility index (Phi) is 9.00. The first-order valence-electron chi connectivity index (χ1n) is 7.98. The maximum atomic E-state index is 2.42. The summed E-state index contributed by atoms with van der Waals surface area (Å²) in [5.74, 6) is 1.73. The van der Waals surface area contributed by atoms with Crippen LogP contribution in [0.2, 0.25) is 0 Å². The highest BCUT2D eigenvalue weighted by Gasteiger charge is 2.29. The summed E-state index contributed by atoms with van der Waals surface area (Å²) in [4.78, 5) is 0. The second-order valence-corrected chi connectivity index (χ2v) is 6.61. The third-order valence-electron chi connectivity index (χ3n) is 4.63. The molecular weight excluding hydrogens is 204 g/mol. The molecule has 0 aliphatic carbocycles. The molecule has 0 heterocycles. The summed E-state index contributed by atoms with van der Waals surface area (Å²) >= 11 is 0. The molecule has 0 aliphatic heterocycles. The first-order chi connectivity index (χ1) is 7.98. The Labute approximate surface area is 111 Å². The van der Waals surface area contributed by atoms with Crippen molar-refractivity contribution in [2.75, 3.05) is 0 Å². The Hall–Kier alpha value is 0. The predicted octanol–water partition coefficient (Wildman–Crippen LogP) is 6.45. The van der Waals surface area contributed by atoms with Crippen LogP contribution in [0.1, 0.15) is 92.9 Å². The molecule has 0 radical (unpaired) electrons. The van der Waals surface area contributed by atoms with Gasteiger partial charge in [-0.1, -0.05) is 80.1 Å². The van der Waals surface area contributed by atoms with Crippen molar-refractivity contribution in [1.29, 1.82) is 0 Å². The van der Waals surface area contributed by atoms with Gasteiger partial charge in [0.1, 0.15) is 0 Å². The molecule has 0 aromatic heterocycles. The Balaban J connectivity index is 3.99. The van der Waals surface area contributed by atoms with Crippen LogP contribution in [0, 0.1) is 17.3 Å². The van der Waals surface area contributed by atoms with E-state index in [1.165, 1.54) is 51.4 Å². The summed E-state index contributed by atoms with van der Waals surface area (Å²) < 4.78 is 0. The summed E-state index contributed by atoms with van der Waals surface area (Å²) in [7, 11) is 0. The van der Waals surface area contributed by atoms with Crippen molar-refractivity contribution in [2.24, 2.45) is 17.3 Å². The zero-order valence-corrected chi connectivity index (χ0v) is 13.3. The molecule has 0 saturated heterocycles. The molecule has 1 atom stereocenters. The topological polar surface area (TPSA) is 0 Å². The zero-order valence-electron chi connectivity index (χ0n) is 13.3. The number of unbranched alkanes of at least 4 members (excludes halogenated alkanes) is 2. The van der Waals surface area contributed by atoms with Crippen molar-refractivity contribution in [1.82, 2.24) is 0 Å². The van der Waals surface area contributed by atoms with Crippen molar-refractivity contribution in [2.45, 2.75) is 92.9 Å². The lowest BCUT2D eigenvalue weighted by molar-refractivity contribution is 0.139. The Morgan fingerprint density at radius 1 is 0.824 bits per heavy atom. The van der Waals surface area contributed by atoms with E-state index < -0.39 is 0 Å². The minimum atomic E-state index is 0.632. The molecule has 0 bridgehead atoms. The third kappa shape index (κ3) is 6.48. The van der Waals surface area contributed by atoms with E-state index in [4.69, 9.17) is 0 Å². The molecule has 0 rings (SSSR count). The van der Waals surface area contributed by atoms with E-state index in [0.29, 0.717) is 5.41 Å². The largest absolute Gasteiger partial charge is 0.0654 e. The standard InChI is InChI=1S/C17H36/c1-7-13-17(8-2,16(5)6)14-11-9-10-12-15(3)4/h15-16H,7-14H2,1-6H3. The minimum Gasteiger partial charge on any atom is -0.0654 e. The third-order valence-corrected chi connectivity index (χ3v) is 4.63. The molecule has 0 N–H and O–H groups in total. The van der Waals surface area contributed by atoms with Crippen molar-refractivity contribution in [3.8, 4) is 0 Å². The molecule has 0 aromatic carbocycles. The predicted molar refractivity (Wildman–Crippen MR) is 80.4 cm³/mol. The van der Waals surface area contributed by atoms with E-state index in [0.717, 1.165) is 11.8 Å². The van der Waals surface area contributed by atoms with E-state index >= 15 is 0 Å². The summed E-state index contributed by atoms with van der Waals surface area (Å²) in [5.41, 5.74) is 0.632. The average molecular weight is 240 g/mol. The van der Waals surface area contributed by atoms with Crippen molar-refractivity contribution < 1.29 is 0 Å². The monoisotopic (exact) mass is 240 g/mol. The fraction of sp³-hybridized carbons (Fsp3) is 1.00. The number of hydrogen-bond acceptors (Lipinski definition) is 0. The van der Waals surface area contributed by atoms with E-state index in [1.54, 1.807) is 0 Å². The van der Waals surface area contributed by atoms with Gasteiger partial charge in [0.05, 0.1) is 0 Å². The first-order valence-corrected chi connectivity index (χ1v) is 7.98. The van der Waals surface area contributed by atoms with Crippen LogP contribution in [0.15, 0.2) is 0 Å². The van der Waals surface area contributed by atoms with Crippen LogP contribution in [0.3, 0.4) is 0 Å². The SMILES string of the molecule is CCCC(CC)(CCCCCC(C)C)C(C)C. The molecular formula is C17H36. The van der Waals surface area contributed by atoms with E-state index in [-0.39, 0.29) is 0 Å². The van der Waals surface area contributed by atoms with Gasteiger partial charge in [0.25, 0.3) is 0 Å². The minimum absolute atomic E-state index is 0.632. The first kappa shape index (κ1) is 17.0. The van der Waals surface area contributed by atoms with Crippen LogP contribution >= 0.6 is 0 Å². The summed E-state index contributed by atoms with van der Waals surface area (Å²) in [6, 6.07) is 0. The van der Waals surface area contributed by atoms with E-state index in [1.807, 2.05) is 0 Å². The van der Waals surface area contributed by atoms with Crippen LogP contribution in [0.5, 0.6) is 0 Å². The van der Waals surface area contributed by atoms with Crippen molar-refractivity contribution in [3.63, 3.8) is 0 Å². The smallest absolute Gasteiger partial charge is 0.0277 e. The van der Waals surface area contributed by atoms with Crippen LogP contribution in [0.4, 0.5) is 0 Å². The molecule has 0 amide bonds. The Morgan fingerprint density at radius 2 is 1.47 bits per heavy atom. The normalized spacial score (nSPS) is 15.5. The van der Waals surface area contributed by atoms with Crippen molar-refractivity contribution in [3.05, 3.63) is 0 Å². The van der Waals surface area contributed by atoms with Gasteiger partial charge in [-0.3, -0.25) is 0 Å². The average Bonchev–Trinajstić information content (AvgIpc) is 2.26. The van der Waals surface area contributed by atoms with Gasteiger partial charge in [-0.25, -0.2) is 0 Å². The molecule has 17 heavy (non-hydrogen) atoms. The lowest BCUT2D eigenvalue weighted by Gasteiger charge is -2.37. The molecule has 0 spiro atoms. The molecule has 0 saturated carbocycles. The van der Waals surface area contributed by atoms with Gasteiger partial charge >= 0.3 is 0 Å². The fourth-order valence-electron chi connectivity index (χ4n) is 3.17. The van der Waals surface area contributed by atoms with Crippen LogP contribution in [-0.2, 0) is 0 Å². The Bertz CT molecular complexity index is 169. The van der Waals surface area contributed by atoms with Gasteiger partial charge in [-0.15, -0.1) is 0 Å². The van der Waals surface area contributed by atoms with Crippen LogP contribution in [0.25, 0.3) is 0 Å². The quantitative estimate of drug-likeness (QED) is 0.385. The molecule has 0 aliphatic rings. The molecule has 0 heteroatoms. The van der Waals surface area contributed by atoms with E-state index in [9.17, 15) is 0 Å². The summed E-state index contributed by atoms with van der Waals surface area (Å²) in [6.45, 7) is 14.2. The lowest BCUT2D eigenvalue weighted by atomic mass is 9.68. The Morgan fingerprint density at radius 3 is 1.88 bits per heavy atom. The summed E-state index contributed by atoms with van der Waals surface area (Å²) in [5, 5.41) is 0. The van der Waals surface area contributed by atoms with Gasteiger partial charge in [-0.2, -0.15) is 0 Å². The van der Waals surface area contributed by atoms with E-state index in [2.05, 4.69) is 41.5 Å². The van der Waals surface area contributed by atoms with Gasteiger partial charge in [0, 0.05) is 0 Å². The van der Waals surface area contributed by atoms with Crippen LogP contribution in [-0.4, -0.2) is 0 Å². The lowest BCUT2D eigenvalue weighted by Crippen LogP contribution is -2.26. The number of rotatable bonds is 10.